The van der Waals surface area contributed by atoms with Crippen LogP contribution in [0.5, 0.6) is 0 Å². The fraction of sp³-hybridized carbons (Fsp3) is 0.400. The third kappa shape index (κ3) is 4.18. The van der Waals surface area contributed by atoms with Crippen molar-refractivity contribution in [2.75, 3.05) is 0 Å². The van der Waals surface area contributed by atoms with Crippen LogP contribution in [0.1, 0.15) is 56.0 Å². The standard InChI is InChI=1S/C20H27N/c1-5-19(17-13-11-16(4)12-14-17)21-20(15(2)3)18-9-7-6-8-10-18/h6-15,19-21H,5H2,1-4H3. The topological polar surface area (TPSA) is 12.0 Å². The lowest BCUT2D eigenvalue weighted by atomic mass is 9.93. The van der Waals surface area contributed by atoms with Crippen LogP contribution in [0.2, 0.25) is 0 Å². The van der Waals surface area contributed by atoms with Crippen molar-refractivity contribution in [3.63, 3.8) is 0 Å². The highest BCUT2D eigenvalue weighted by molar-refractivity contribution is 5.25. The van der Waals surface area contributed by atoms with Gasteiger partial charge >= 0.3 is 0 Å². The lowest BCUT2D eigenvalue weighted by Crippen LogP contribution is -2.29. The third-order valence-corrected chi connectivity index (χ3v) is 4.09. The molecule has 1 N–H and O–H groups in total. The Hall–Kier alpha value is -1.60. The average Bonchev–Trinajstić information content (AvgIpc) is 2.50. The van der Waals surface area contributed by atoms with Crippen molar-refractivity contribution in [3.8, 4) is 0 Å². The third-order valence-electron chi connectivity index (χ3n) is 4.09. The van der Waals surface area contributed by atoms with Crippen LogP contribution in [-0.2, 0) is 0 Å². The van der Waals surface area contributed by atoms with Gasteiger partial charge in [0.2, 0.25) is 0 Å². The highest BCUT2D eigenvalue weighted by atomic mass is 15.0. The predicted octanol–water partition coefficient (Wildman–Crippen LogP) is 5.43. The molecule has 2 unspecified atom stereocenters. The lowest BCUT2D eigenvalue weighted by molar-refractivity contribution is 0.357. The highest BCUT2D eigenvalue weighted by Crippen LogP contribution is 2.27. The smallest absolute Gasteiger partial charge is 0.0348 e. The molecular formula is C20H27N. The fourth-order valence-corrected chi connectivity index (χ4v) is 2.80. The van der Waals surface area contributed by atoms with Crippen LogP contribution >= 0.6 is 0 Å². The molecule has 21 heavy (non-hydrogen) atoms. The molecule has 0 aliphatic carbocycles. The molecule has 0 heterocycles. The molecule has 0 aromatic heterocycles. The Bertz CT molecular complexity index is 528. The van der Waals surface area contributed by atoms with Crippen LogP contribution in [0, 0.1) is 12.8 Å². The number of nitrogens with one attached hydrogen (secondary N) is 1. The van der Waals surface area contributed by atoms with Gasteiger partial charge in [-0.15, -0.1) is 0 Å². The van der Waals surface area contributed by atoms with Gasteiger partial charge in [0, 0.05) is 12.1 Å². The van der Waals surface area contributed by atoms with Gasteiger partial charge in [-0.25, -0.2) is 0 Å². The molecule has 1 nitrogen and oxygen atoms in total. The quantitative estimate of drug-likeness (QED) is 0.744. The molecule has 0 bridgehead atoms. The number of aryl methyl sites for hydroxylation is 1. The number of rotatable bonds is 6. The molecule has 2 atom stereocenters. The van der Waals surface area contributed by atoms with E-state index in [4.69, 9.17) is 0 Å². The minimum atomic E-state index is 0.387. The van der Waals surface area contributed by atoms with E-state index >= 15 is 0 Å². The largest absolute Gasteiger partial charge is 0.303 e. The van der Waals surface area contributed by atoms with Crippen molar-refractivity contribution in [2.45, 2.75) is 46.2 Å². The Kier molecular flexibility index (Phi) is 5.58. The van der Waals surface area contributed by atoms with Crippen molar-refractivity contribution in [1.82, 2.24) is 5.32 Å². The SMILES string of the molecule is CCC(NC(c1ccccc1)C(C)C)c1ccc(C)cc1. The number of hydrogen-bond donors (Lipinski definition) is 1. The summed E-state index contributed by atoms with van der Waals surface area (Å²) in [4.78, 5) is 0. The van der Waals surface area contributed by atoms with E-state index in [-0.39, 0.29) is 0 Å². The summed E-state index contributed by atoms with van der Waals surface area (Å²) in [5, 5.41) is 3.86. The molecule has 112 valence electrons. The molecule has 0 radical (unpaired) electrons. The Balaban J connectivity index is 2.20. The zero-order chi connectivity index (χ0) is 15.2. The van der Waals surface area contributed by atoms with Crippen LogP contribution < -0.4 is 5.32 Å². The Labute approximate surface area is 129 Å². The summed E-state index contributed by atoms with van der Waals surface area (Å²) in [5.74, 6) is 0.562. The maximum absolute atomic E-state index is 3.86. The molecule has 2 aromatic carbocycles. The average molecular weight is 281 g/mol. The van der Waals surface area contributed by atoms with Gasteiger partial charge in [-0.1, -0.05) is 80.9 Å². The molecule has 0 saturated heterocycles. The normalized spacial score (nSPS) is 14.1. The minimum Gasteiger partial charge on any atom is -0.303 e. The van der Waals surface area contributed by atoms with Gasteiger partial charge in [-0.2, -0.15) is 0 Å². The van der Waals surface area contributed by atoms with E-state index in [1.165, 1.54) is 16.7 Å². The molecule has 2 aromatic rings. The van der Waals surface area contributed by atoms with Gasteiger partial charge in [0.15, 0.2) is 0 Å². The maximum atomic E-state index is 3.86. The van der Waals surface area contributed by atoms with Gasteiger partial charge in [0.1, 0.15) is 0 Å². The molecular weight excluding hydrogens is 254 g/mol. The van der Waals surface area contributed by atoms with Crippen molar-refractivity contribution in [1.29, 1.82) is 0 Å². The summed E-state index contributed by atoms with van der Waals surface area (Å²) >= 11 is 0. The van der Waals surface area contributed by atoms with Crippen LogP contribution in [0.4, 0.5) is 0 Å². The van der Waals surface area contributed by atoms with E-state index in [0.29, 0.717) is 18.0 Å². The van der Waals surface area contributed by atoms with E-state index in [0.717, 1.165) is 6.42 Å². The summed E-state index contributed by atoms with van der Waals surface area (Å²) in [7, 11) is 0. The van der Waals surface area contributed by atoms with E-state index in [2.05, 4.69) is 87.6 Å². The van der Waals surface area contributed by atoms with Crippen LogP contribution in [0.3, 0.4) is 0 Å². The second-order valence-electron chi connectivity index (χ2n) is 6.17. The van der Waals surface area contributed by atoms with Gasteiger partial charge < -0.3 is 5.32 Å². The van der Waals surface area contributed by atoms with Crippen molar-refractivity contribution < 1.29 is 0 Å². The van der Waals surface area contributed by atoms with E-state index in [1.807, 2.05) is 0 Å². The van der Waals surface area contributed by atoms with E-state index in [1.54, 1.807) is 0 Å². The van der Waals surface area contributed by atoms with Crippen LogP contribution in [0.15, 0.2) is 54.6 Å². The summed E-state index contributed by atoms with van der Waals surface area (Å²) in [5.41, 5.74) is 4.07. The van der Waals surface area contributed by atoms with Crippen LogP contribution in [0.25, 0.3) is 0 Å². The molecule has 0 saturated carbocycles. The molecule has 1 heteroatoms. The fourth-order valence-electron chi connectivity index (χ4n) is 2.80. The summed E-state index contributed by atoms with van der Waals surface area (Å²) in [6.45, 7) is 8.96. The van der Waals surface area contributed by atoms with Crippen molar-refractivity contribution >= 4 is 0 Å². The Morgan fingerprint density at radius 2 is 1.48 bits per heavy atom. The maximum Gasteiger partial charge on any atom is 0.0348 e. The van der Waals surface area contributed by atoms with Crippen LogP contribution in [-0.4, -0.2) is 0 Å². The first-order valence-corrected chi connectivity index (χ1v) is 7.99. The molecule has 0 aliphatic rings. The molecule has 2 rings (SSSR count). The summed E-state index contributed by atoms with van der Waals surface area (Å²) in [6, 6.07) is 20.5. The molecule has 0 fully saturated rings. The Morgan fingerprint density at radius 1 is 0.857 bits per heavy atom. The first kappa shape index (κ1) is 15.8. The predicted molar refractivity (Wildman–Crippen MR) is 91.4 cm³/mol. The molecule has 0 amide bonds. The summed E-state index contributed by atoms with van der Waals surface area (Å²) in [6.07, 6.45) is 1.10. The van der Waals surface area contributed by atoms with Gasteiger partial charge in [0.25, 0.3) is 0 Å². The first-order chi connectivity index (χ1) is 10.1. The molecule has 0 spiro atoms. The van der Waals surface area contributed by atoms with Crippen molar-refractivity contribution in [2.24, 2.45) is 5.92 Å². The second kappa shape index (κ2) is 7.42. The van der Waals surface area contributed by atoms with Gasteiger partial charge in [-0.3, -0.25) is 0 Å². The minimum absolute atomic E-state index is 0.387. The lowest BCUT2D eigenvalue weighted by Gasteiger charge is -2.29. The number of hydrogen-bond acceptors (Lipinski definition) is 1. The molecule has 0 aliphatic heterocycles. The highest BCUT2D eigenvalue weighted by Gasteiger charge is 2.19. The van der Waals surface area contributed by atoms with Gasteiger partial charge in [-0.05, 0) is 30.4 Å². The zero-order valence-corrected chi connectivity index (χ0v) is 13.6. The second-order valence-corrected chi connectivity index (χ2v) is 6.17. The monoisotopic (exact) mass is 281 g/mol. The summed E-state index contributed by atoms with van der Waals surface area (Å²) < 4.78 is 0. The zero-order valence-electron chi connectivity index (χ0n) is 13.6. The number of benzene rings is 2. The Morgan fingerprint density at radius 3 is 2.00 bits per heavy atom. The first-order valence-electron chi connectivity index (χ1n) is 7.99. The van der Waals surface area contributed by atoms with E-state index in [9.17, 15) is 0 Å². The van der Waals surface area contributed by atoms with Gasteiger partial charge in [0.05, 0.1) is 0 Å². The van der Waals surface area contributed by atoms with E-state index < -0.39 is 0 Å². The van der Waals surface area contributed by atoms with Crippen molar-refractivity contribution in [3.05, 3.63) is 71.3 Å².